The maximum absolute atomic E-state index is 12.6. The number of amides is 2. The van der Waals surface area contributed by atoms with Gasteiger partial charge in [-0.15, -0.1) is 0 Å². The van der Waals surface area contributed by atoms with Gasteiger partial charge in [0.25, 0.3) is 11.8 Å². The van der Waals surface area contributed by atoms with E-state index < -0.39 is 5.91 Å². The highest BCUT2D eigenvalue weighted by atomic mass is 35.5. The number of rotatable bonds is 4. The van der Waals surface area contributed by atoms with Gasteiger partial charge in [0.05, 0.1) is 21.8 Å². The van der Waals surface area contributed by atoms with E-state index in [1.165, 1.54) is 12.1 Å². The number of benzene rings is 3. The standard InChI is InChI=1S/C20H13Cl3N2O2/c21-12-4-3-5-14(10-12)24-20(27)16-6-1-2-7-18(16)25-19(26)15-9-8-13(22)11-17(15)23/h1-11H,(H,24,27)(H,25,26). The fourth-order valence-electron chi connectivity index (χ4n) is 2.42. The van der Waals surface area contributed by atoms with E-state index in [0.29, 0.717) is 27.0 Å². The second-order valence-corrected chi connectivity index (χ2v) is 6.87. The lowest BCUT2D eigenvalue weighted by molar-refractivity contribution is 0.102. The van der Waals surface area contributed by atoms with Crippen molar-refractivity contribution in [2.24, 2.45) is 0 Å². The maximum Gasteiger partial charge on any atom is 0.257 e. The zero-order valence-electron chi connectivity index (χ0n) is 13.8. The number of hydrogen-bond acceptors (Lipinski definition) is 2. The number of halogens is 3. The Balaban J connectivity index is 1.83. The van der Waals surface area contributed by atoms with E-state index in [0.717, 1.165) is 0 Å². The lowest BCUT2D eigenvalue weighted by Gasteiger charge is -2.12. The van der Waals surface area contributed by atoms with Crippen molar-refractivity contribution in [2.45, 2.75) is 0 Å². The molecule has 27 heavy (non-hydrogen) atoms. The summed E-state index contributed by atoms with van der Waals surface area (Å²) in [5, 5.41) is 6.62. The summed E-state index contributed by atoms with van der Waals surface area (Å²) in [5.74, 6) is -0.824. The molecule has 0 aliphatic rings. The van der Waals surface area contributed by atoms with Crippen molar-refractivity contribution in [2.75, 3.05) is 10.6 Å². The number of carbonyl (C=O) groups is 2. The quantitative estimate of drug-likeness (QED) is 0.533. The molecule has 0 fully saturated rings. The molecule has 0 heterocycles. The van der Waals surface area contributed by atoms with Crippen LogP contribution in [-0.2, 0) is 0 Å². The summed E-state index contributed by atoms with van der Waals surface area (Å²) < 4.78 is 0. The van der Waals surface area contributed by atoms with Crippen molar-refractivity contribution in [1.29, 1.82) is 0 Å². The molecule has 0 atom stereocenters. The minimum Gasteiger partial charge on any atom is -0.322 e. The molecule has 0 saturated heterocycles. The SMILES string of the molecule is O=C(Nc1ccccc1C(=O)Nc1cccc(Cl)c1)c1ccc(Cl)cc1Cl. The highest BCUT2D eigenvalue weighted by Crippen LogP contribution is 2.24. The number of para-hydroxylation sites is 1. The third-order valence-electron chi connectivity index (χ3n) is 3.68. The molecule has 3 rings (SSSR count). The van der Waals surface area contributed by atoms with Crippen LogP contribution in [0.25, 0.3) is 0 Å². The van der Waals surface area contributed by atoms with Gasteiger partial charge in [-0.25, -0.2) is 0 Å². The largest absolute Gasteiger partial charge is 0.322 e. The van der Waals surface area contributed by atoms with E-state index in [9.17, 15) is 9.59 Å². The van der Waals surface area contributed by atoms with Crippen LogP contribution in [0.4, 0.5) is 11.4 Å². The Morgan fingerprint density at radius 2 is 1.37 bits per heavy atom. The lowest BCUT2D eigenvalue weighted by atomic mass is 10.1. The van der Waals surface area contributed by atoms with Gasteiger partial charge in [0.2, 0.25) is 0 Å². The normalized spacial score (nSPS) is 10.3. The van der Waals surface area contributed by atoms with Crippen LogP contribution in [0.5, 0.6) is 0 Å². The Hall–Kier alpha value is -2.53. The molecular formula is C20H13Cl3N2O2. The van der Waals surface area contributed by atoms with Gasteiger partial charge in [0.15, 0.2) is 0 Å². The molecular weight excluding hydrogens is 407 g/mol. The van der Waals surface area contributed by atoms with Crippen molar-refractivity contribution in [3.63, 3.8) is 0 Å². The van der Waals surface area contributed by atoms with Gasteiger partial charge in [-0.3, -0.25) is 9.59 Å². The molecule has 0 aliphatic heterocycles. The Bertz CT molecular complexity index is 1020. The number of carbonyl (C=O) groups excluding carboxylic acids is 2. The summed E-state index contributed by atoms with van der Waals surface area (Å²) in [5.41, 5.74) is 1.46. The van der Waals surface area contributed by atoms with Crippen molar-refractivity contribution in [3.05, 3.63) is 92.9 Å². The molecule has 7 heteroatoms. The van der Waals surface area contributed by atoms with Crippen molar-refractivity contribution in [1.82, 2.24) is 0 Å². The van der Waals surface area contributed by atoms with Crippen LogP contribution < -0.4 is 10.6 Å². The van der Waals surface area contributed by atoms with E-state index in [4.69, 9.17) is 34.8 Å². The van der Waals surface area contributed by atoms with Crippen molar-refractivity contribution >= 4 is 58.0 Å². The molecule has 0 radical (unpaired) electrons. The van der Waals surface area contributed by atoms with E-state index in [-0.39, 0.29) is 16.5 Å². The molecule has 2 amide bonds. The van der Waals surface area contributed by atoms with E-state index in [2.05, 4.69) is 10.6 Å². The molecule has 2 N–H and O–H groups in total. The van der Waals surface area contributed by atoms with Gasteiger partial charge < -0.3 is 10.6 Å². The summed E-state index contributed by atoms with van der Waals surface area (Å²) in [7, 11) is 0. The molecule has 0 spiro atoms. The zero-order chi connectivity index (χ0) is 19.4. The van der Waals surface area contributed by atoms with Gasteiger partial charge in [0, 0.05) is 15.7 Å². The number of hydrogen-bond donors (Lipinski definition) is 2. The first-order valence-electron chi connectivity index (χ1n) is 7.86. The number of anilines is 2. The Morgan fingerprint density at radius 3 is 2.11 bits per heavy atom. The molecule has 0 saturated carbocycles. The maximum atomic E-state index is 12.6. The fourth-order valence-corrected chi connectivity index (χ4v) is 3.10. The van der Waals surface area contributed by atoms with Crippen LogP contribution >= 0.6 is 34.8 Å². The van der Waals surface area contributed by atoms with E-state index in [1.807, 2.05) is 0 Å². The minimum absolute atomic E-state index is 0.223. The van der Waals surface area contributed by atoms with Crippen LogP contribution in [0.15, 0.2) is 66.7 Å². The minimum atomic E-state index is -0.445. The Kier molecular flexibility index (Phi) is 6.01. The third-order valence-corrected chi connectivity index (χ3v) is 4.46. The molecule has 136 valence electrons. The van der Waals surface area contributed by atoms with Crippen LogP contribution in [0.1, 0.15) is 20.7 Å². The van der Waals surface area contributed by atoms with Gasteiger partial charge >= 0.3 is 0 Å². The zero-order valence-corrected chi connectivity index (χ0v) is 16.1. The van der Waals surface area contributed by atoms with Gasteiger partial charge in [0.1, 0.15) is 0 Å². The highest BCUT2D eigenvalue weighted by molar-refractivity contribution is 6.37. The number of nitrogens with one attached hydrogen (secondary N) is 2. The molecule has 3 aromatic rings. The summed E-state index contributed by atoms with van der Waals surface area (Å²) in [6.45, 7) is 0. The molecule has 0 aliphatic carbocycles. The highest BCUT2D eigenvalue weighted by Gasteiger charge is 2.16. The van der Waals surface area contributed by atoms with Crippen LogP contribution in [0.2, 0.25) is 15.1 Å². The second kappa shape index (κ2) is 8.44. The van der Waals surface area contributed by atoms with Crippen molar-refractivity contribution in [3.8, 4) is 0 Å². The average Bonchev–Trinajstić information content (AvgIpc) is 2.62. The molecule has 0 unspecified atom stereocenters. The van der Waals surface area contributed by atoms with Gasteiger partial charge in [-0.1, -0.05) is 53.0 Å². The predicted octanol–water partition coefficient (Wildman–Crippen LogP) is 6.15. The predicted molar refractivity (Wildman–Crippen MR) is 110 cm³/mol. The second-order valence-electron chi connectivity index (χ2n) is 5.59. The van der Waals surface area contributed by atoms with Gasteiger partial charge in [-0.2, -0.15) is 0 Å². The Morgan fingerprint density at radius 1 is 0.667 bits per heavy atom. The molecule has 0 bridgehead atoms. The first-order valence-corrected chi connectivity index (χ1v) is 9.00. The lowest BCUT2D eigenvalue weighted by Crippen LogP contribution is -2.18. The summed E-state index contributed by atoms with van der Waals surface area (Å²) in [6.07, 6.45) is 0. The fraction of sp³-hybridized carbons (Fsp3) is 0. The first kappa shape index (κ1) is 19.2. The van der Waals surface area contributed by atoms with E-state index >= 15 is 0 Å². The smallest absolute Gasteiger partial charge is 0.257 e. The van der Waals surface area contributed by atoms with Crippen LogP contribution in [0.3, 0.4) is 0 Å². The topological polar surface area (TPSA) is 58.2 Å². The van der Waals surface area contributed by atoms with Crippen LogP contribution in [-0.4, -0.2) is 11.8 Å². The molecule has 0 aromatic heterocycles. The summed E-state index contributed by atoms with van der Waals surface area (Å²) >= 11 is 17.9. The van der Waals surface area contributed by atoms with Gasteiger partial charge in [-0.05, 0) is 48.5 Å². The monoisotopic (exact) mass is 418 g/mol. The summed E-state index contributed by atoms with van der Waals surface area (Å²) in [4.78, 5) is 25.2. The van der Waals surface area contributed by atoms with E-state index in [1.54, 1.807) is 54.6 Å². The molecule has 4 nitrogen and oxygen atoms in total. The Labute approximate surface area is 171 Å². The first-order chi connectivity index (χ1) is 12.9. The molecule has 3 aromatic carbocycles. The average molecular weight is 420 g/mol. The summed E-state index contributed by atoms with van der Waals surface area (Å²) in [6, 6.07) is 18.0. The van der Waals surface area contributed by atoms with Crippen LogP contribution in [0, 0.1) is 0 Å². The third kappa shape index (κ3) is 4.80. The van der Waals surface area contributed by atoms with Crippen molar-refractivity contribution < 1.29 is 9.59 Å².